The average molecular weight is 475 g/mol. The minimum atomic E-state index is -0.381. The van der Waals surface area contributed by atoms with Crippen LogP contribution in [0, 0.1) is 0 Å². The van der Waals surface area contributed by atoms with Crippen LogP contribution in [0.3, 0.4) is 0 Å². The highest BCUT2D eigenvalue weighted by atomic mass is 16.6. The van der Waals surface area contributed by atoms with E-state index in [0.717, 1.165) is 37.1 Å². The zero-order valence-corrected chi connectivity index (χ0v) is 19.9. The lowest BCUT2D eigenvalue weighted by molar-refractivity contribution is 0.262. The van der Waals surface area contributed by atoms with E-state index in [0.29, 0.717) is 19.8 Å². The van der Waals surface area contributed by atoms with Crippen LogP contribution in [0.1, 0.15) is 23.6 Å². The number of epoxide rings is 3. The van der Waals surface area contributed by atoms with Gasteiger partial charge in [-0.2, -0.15) is 0 Å². The van der Waals surface area contributed by atoms with Gasteiger partial charge in [-0.1, -0.05) is 36.4 Å². The Morgan fingerprint density at radius 3 is 1.03 bits per heavy atom. The van der Waals surface area contributed by atoms with E-state index in [1.54, 1.807) is 0 Å². The molecule has 0 radical (unpaired) electrons. The molecule has 0 aliphatic carbocycles. The summed E-state index contributed by atoms with van der Waals surface area (Å²) in [7, 11) is 0. The molecular formula is C29H30O6. The SMILES string of the molecule is CC(c1ccc(OCC2CO2)cc1)(c1ccc(OCC2CO2)cc1)c1ccc(OCC2CO2)cc1. The average Bonchev–Trinajstić information content (AvgIpc) is 3.76. The molecule has 6 rings (SSSR count). The number of ether oxygens (including phenoxy) is 6. The predicted molar refractivity (Wildman–Crippen MR) is 131 cm³/mol. The quantitative estimate of drug-likeness (QED) is 0.287. The van der Waals surface area contributed by atoms with Gasteiger partial charge in [0.15, 0.2) is 0 Å². The molecule has 3 heterocycles. The van der Waals surface area contributed by atoms with Crippen molar-refractivity contribution in [3.63, 3.8) is 0 Å². The summed E-state index contributed by atoms with van der Waals surface area (Å²) in [5, 5.41) is 0. The van der Waals surface area contributed by atoms with Crippen molar-refractivity contribution in [2.75, 3.05) is 39.6 Å². The van der Waals surface area contributed by atoms with Crippen LogP contribution in [0.2, 0.25) is 0 Å². The molecule has 3 aromatic carbocycles. The van der Waals surface area contributed by atoms with Gasteiger partial charge in [-0.05, 0) is 60.0 Å². The van der Waals surface area contributed by atoms with E-state index in [9.17, 15) is 0 Å². The third-order valence-corrected chi connectivity index (χ3v) is 6.81. The molecule has 0 bridgehead atoms. The zero-order valence-electron chi connectivity index (χ0n) is 19.9. The molecule has 0 N–H and O–H groups in total. The number of rotatable bonds is 12. The summed E-state index contributed by atoms with van der Waals surface area (Å²) >= 11 is 0. The summed E-state index contributed by atoms with van der Waals surface area (Å²) in [5.74, 6) is 2.55. The van der Waals surface area contributed by atoms with Crippen LogP contribution in [-0.2, 0) is 19.6 Å². The Morgan fingerprint density at radius 2 is 0.800 bits per heavy atom. The lowest BCUT2D eigenvalue weighted by Gasteiger charge is -2.32. The van der Waals surface area contributed by atoms with E-state index in [1.807, 2.05) is 36.4 Å². The summed E-state index contributed by atoms with van der Waals surface area (Å²) in [6, 6.07) is 25.1. The highest BCUT2D eigenvalue weighted by Gasteiger charge is 2.32. The van der Waals surface area contributed by atoms with E-state index in [-0.39, 0.29) is 23.7 Å². The molecule has 0 spiro atoms. The summed E-state index contributed by atoms with van der Waals surface area (Å²) in [5.41, 5.74) is 3.14. The Morgan fingerprint density at radius 1 is 0.543 bits per heavy atom. The Bertz CT molecular complexity index is 969. The van der Waals surface area contributed by atoms with Crippen molar-refractivity contribution in [2.24, 2.45) is 0 Å². The number of hydrogen-bond acceptors (Lipinski definition) is 6. The van der Waals surface area contributed by atoms with Crippen molar-refractivity contribution < 1.29 is 28.4 Å². The van der Waals surface area contributed by atoms with Crippen molar-refractivity contribution in [1.82, 2.24) is 0 Å². The fraction of sp³-hybridized carbons (Fsp3) is 0.379. The molecule has 3 atom stereocenters. The van der Waals surface area contributed by atoms with Gasteiger partial charge in [0.05, 0.1) is 19.8 Å². The fourth-order valence-corrected chi connectivity index (χ4v) is 4.21. The maximum Gasteiger partial charge on any atom is 0.119 e. The first-order chi connectivity index (χ1) is 17.2. The Kier molecular flexibility index (Phi) is 6.10. The first kappa shape index (κ1) is 22.4. The molecule has 182 valence electrons. The molecule has 3 saturated heterocycles. The molecule has 0 saturated carbocycles. The number of hydrogen-bond donors (Lipinski definition) is 0. The standard InChI is InChI=1S/C29H30O6/c1-29(20-2-8-23(9-3-20)30-14-26-17-33-26,21-4-10-24(11-5-21)31-15-27-18-34-27)22-6-12-25(13-7-22)32-16-28-19-35-28/h2-13,26-28H,14-19H2,1H3. The summed E-state index contributed by atoms with van der Waals surface area (Å²) < 4.78 is 33.3. The highest BCUT2D eigenvalue weighted by Crippen LogP contribution is 2.40. The molecule has 3 aliphatic rings. The molecule has 35 heavy (non-hydrogen) atoms. The zero-order chi connectivity index (χ0) is 23.7. The fourth-order valence-electron chi connectivity index (χ4n) is 4.21. The first-order valence-corrected chi connectivity index (χ1v) is 12.2. The summed E-state index contributed by atoms with van der Waals surface area (Å²) in [4.78, 5) is 0. The van der Waals surface area contributed by atoms with Crippen molar-refractivity contribution in [3.8, 4) is 17.2 Å². The molecular weight excluding hydrogens is 444 g/mol. The van der Waals surface area contributed by atoms with Crippen LogP contribution in [0.4, 0.5) is 0 Å². The summed E-state index contributed by atoms with van der Waals surface area (Å²) in [6.07, 6.45) is 0.707. The maximum absolute atomic E-state index is 5.86. The van der Waals surface area contributed by atoms with Gasteiger partial charge >= 0.3 is 0 Å². The third kappa shape index (κ3) is 5.45. The molecule has 6 heteroatoms. The normalized spacial score (nSPS) is 23.7. The Labute approximate surface area is 205 Å². The van der Waals surface area contributed by atoms with Gasteiger partial charge in [-0.15, -0.1) is 0 Å². The Hall–Kier alpha value is -3.06. The lowest BCUT2D eigenvalue weighted by Crippen LogP contribution is -2.25. The second-order valence-electron chi connectivity index (χ2n) is 9.50. The minimum absolute atomic E-state index is 0.236. The van der Waals surface area contributed by atoms with Crippen molar-refractivity contribution >= 4 is 0 Å². The van der Waals surface area contributed by atoms with Crippen LogP contribution in [-0.4, -0.2) is 58.0 Å². The Balaban J connectivity index is 1.26. The topological polar surface area (TPSA) is 65.3 Å². The van der Waals surface area contributed by atoms with Gasteiger partial charge in [0.1, 0.15) is 55.4 Å². The maximum atomic E-state index is 5.86. The number of benzene rings is 3. The van der Waals surface area contributed by atoms with E-state index < -0.39 is 0 Å². The van der Waals surface area contributed by atoms with Crippen LogP contribution in [0.25, 0.3) is 0 Å². The molecule has 0 amide bonds. The van der Waals surface area contributed by atoms with E-state index >= 15 is 0 Å². The van der Waals surface area contributed by atoms with Gasteiger partial charge in [0.25, 0.3) is 0 Å². The third-order valence-electron chi connectivity index (χ3n) is 6.81. The molecule has 3 fully saturated rings. The van der Waals surface area contributed by atoms with Crippen molar-refractivity contribution in [3.05, 3.63) is 89.5 Å². The van der Waals surface area contributed by atoms with Crippen LogP contribution in [0.5, 0.6) is 17.2 Å². The highest BCUT2D eigenvalue weighted by molar-refractivity contribution is 5.52. The summed E-state index contributed by atoms with van der Waals surface area (Å²) in [6.45, 7) is 6.40. The smallest absolute Gasteiger partial charge is 0.119 e. The van der Waals surface area contributed by atoms with E-state index in [4.69, 9.17) is 28.4 Å². The molecule has 0 aromatic heterocycles. The minimum Gasteiger partial charge on any atom is -0.491 e. The van der Waals surface area contributed by atoms with Crippen LogP contribution < -0.4 is 14.2 Å². The van der Waals surface area contributed by atoms with Gasteiger partial charge < -0.3 is 28.4 Å². The predicted octanol–water partition coefficient (Wildman–Crippen LogP) is 4.37. The largest absolute Gasteiger partial charge is 0.491 e. The first-order valence-electron chi connectivity index (χ1n) is 12.2. The second-order valence-corrected chi connectivity index (χ2v) is 9.50. The second kappa shape index (κ2) is 9.53. The van der Waals surface area contributed by atoms with Crippen molar-refractivity contribution in [1.29, 1.82) is 0 Å². The van der Waals surface area contributed by atoms with Gasteiger partial charge in [0.2, 0.25) is 0 Å². The van der Waals surface area contributed by atoms with Gasteiger partial charge in [-0.3, -0.25) is 0 Å². The molecule has 3 unspecified atom stereocenters. The van der Waals surface area contributed by atoms with Crippen molar-refractivity contribution in [2.45, 2.75) is 30.7 Å². The van der Waals surface area contributed by atoms with Gasteiger partial charge in [-0.25, -0.2) is 0 Å². The van der Waals surface area contributed by atoms with Crippen LogP contribution >= 0.6 is 0 Å². The van der Waals surface area contributed by atoms with Gasteiger partial charge in [0, 0.05) is 5.41 Å². The molecule has 6 nitrogen and oxygen atoms in total. The van der Waals surface area contributed by atoms with E-state index in [1.165, 1.54) is 16.7 Å². The van der Waals surface area contributed by atoms with Crippen LogP contribution in [0.15, 0.2) is 72.8 Å². The van der Waals surface area contributed by atoms with E-state index in [2.05, 4.69) is 43.3 Å². The molecule has 3 aromatic rings. The monoisotopic (exact) mass is 474 g/mol. The molecule has 3 aliphatic heterocycles. The lowest BCUT2D eigenvalue weighted by atomic mass is 9.71.